The van der Waals surface area contributed by atoms with Crippen LogP contribution in [0.3, 0.4) is 0 Å². The zero-order valence-corrected chi connectivity index (χ0v) is 17.4. The lowest BCUT2D eigenvalue weighted by molar-refractivity contribution is -0.0682. The van der Waals surface area contributed by atoms with E-state index >= 15 is 0 Å². The normalized spacial score (nSPS) is 30.2. The van der Waals surface area contributed by atoms with Gasteiger partial charge in [-0.3, -0.25) is 4.90 Å². The first-order chi connectivity index (χ1) is 13.2. The van der Waals surface area contributed by atoms with Gasteiger partial charge < -0.3 is 33.3 Å². The molecule has 2 heterocycles. The molecule has 0 amide bonds. The fraction of sp³-hybridized carbons (Fsp3) is 1.00. The molecule has 0 aromatic heterocycles. The van der Waals surface area contributed by atoms with E-state index in [4.69, 9.17) is 28.4 Å². The summed E-state index contributed by atoms with van der Waals surface area (Å²) in [5.41, 5.74) is 0. The van der Waals surface area contributed by atoms with Crippen molar-refractivity contribution in [1.82, 2.24) is 9.80 Å². The van der Waals surface area contributed by atoms with Crippen molar-refractivity contribution in [3.05, 3.63) is 0 Å². The highest BCUT2D eigenvalue weighted by Crippen LogP contribution is 2.24. The molecule has 2 fully saturated rings. The average molecular weight is 388 g/mol. The van der Waals surface area contributed by atoms with Crippen molar-refractivity contribution in [2.45, 2.75) is 24.3 Å². The monoisotopic (exact) mass is 388 g/mol. The number of rotatable bonds is 13. The van der Waals surface area contributed by atoms with Crippen molar-refractivity contribution in [3.8, 4) is 0 Å². The van der Waals surface area contributed by atoms with Crippen LogP contribution in [-0.2, 0) is 28.4 Å². The molecule has 8 nitrogen and oxygen atoms in total. The van der Waals surface area contributed by atoms with Gasteiger partial charge in [0.15, 0.2) is 0 Å². The van der Waals surface area contributed by atoms with E-state index in [0.717, 1.165) is 39.3 Å². The highest BCUT2D eigenvalue weighted by Gasteiger charge is 2.43. The summed E-state index contributed by atoms with van der Waals surface area (Å²) in [5.74, 6) is 0. The molecule has 0 aromatic rings. The van der Waals surface area contributed by atoms with Gasteiger partial charge in [-0.2, -0.15) is 0 Å². The number of hydrogen-bond donors (Lipinski definition) is 0. The zero-order chi connectivity index (χ0) is 19.5. The van der Waals surface area contributed by atoms with Gasteiger partial charge in [-0.25, -0.2) is 0 Å². The third-order valence-electron chi connectivity index (χ3n) is 5.20. The van der Waals surface area contributed by atoms with E-state index in [1.165, 1.54) is 0 Å². The van der Waals surface area contributed by atoms with Gasteiger partial charge in [-0.05, 0) is 7.05 Å². The number of piperazine rings is 1. The Morgan fingerprint density at radius 1 is 0.926 bits per heavy atom. The third-order valence-corrected chi connectivity index (χ3v) is 5.20. The Morgan fingerprint density at radius 3 is 2.26 bits per heavy atom. The van der Waals surface area contributed by atoms with Crippen LogP contribution in [0, 0.1) is 0 Å². The second-order valence-electron chi connectivity index (χ2n) is 7.24. The fourth-order valence-corrected chi connectivity index (χ4v) is 3.55. The zero-order valence-electron chi connectivity index (χ0n) is 17.4. The van der Waals surface area contributed by atoms with Crippen molar-refractivity contribution in [3.63, 3.8) is 0 Å². The Kier molecular flexibility index (Phi) is 11.1. The summed E-state index contributed by atoms with van der Waals surface area (Å²) in [4.78, 5) is 4.81. The highest BCUT2D eigenvalue weighted by atomic mass is 16.6. The van der Waals surface area contributed by atoms with E-state index in [1.807, 2.05) is 7.85 Å². The van der Waals surface area contributed by atoms with Crippen LogP contribution < -0.4 is 0 Å². The molecule has 0 bridgehead atoms. The van der Waals surface area contributed by atoms with Crippen LogP contribution >= 0.6 is 0 Å². The van der Waals surface area contributed by atoms with E-state index in [0.29, 0.717) is 33.0 Å². The Bertz CT molecular complexity index is 387. The minimum atomic E-state index is -0.113. The van der Waals surface area contributed by atoms with Crippen molar-refractivity contribution in [1.29, 1.82) is 0 Å². The smallest absolute Gasteiger partial charge is 0.142 e. The van der Waals surface area contributed by atoms with E-state index in [9.17, 15) is 0 Å². The molecule has 2 aliphatic heterocycles. The maximum atomic E-state index is 5.93. The number of methoxy groups -OCH3 is 2. The Balaban J connectivity index is 1.45. The van der Waals surface area contributed by atoms with Gasteiger partial charge in [0.2, 0.25) is 0 Å². The summed E-state index contributed by atoms with van der Waals surface area (Å²) in [5, 5.41) is 0. The molecule has 0 aliphatic carbocycles. The summed E-state index contributed by atoms with van der Waals surface area (Å²) < 4.78 is 33.8. The van der Waals surface area contributed by atoms with Gasteiger partial charge >= 0.3 is 0 Å². The fourth-order valence-electron chi connectivity index (χ4n) is 3.55. The second-order valence-corrected chi connectivity index (χ2v) is 7.24. The molecular weight excluding hydrogens is 351 g/mol. The lowest BCUT2D eigenvalue weighted by Crippen LogP contribution is -2.45. The molecule has 9 heteroatoms. The minimum absolute atomic E-state index is 0.0204. The predicted octanol–water partition coefficient (Wildman–Crippen LogP) is -1.33. The second kappa shape index (κ2) is 13.1. The first-order valence-electron chi connectivity index (χ1n) is 10.0. The van der Waals surface area contributed by atoms with Crippen LogP contribution in [0.25, 0.3) is 0 Å². The molecule has 1 unspecified atom stereocenters. The molecule has 0 spiro atoms. The Labute approximate surface area is 164 Å². The molecule has 27 heavy (non-hydrogen) atoms. The lowest BCUT2D eigenvalue weighted by Gasteiger charge is -2.32. The maximum absolute atomic E-state index is 5.93. The van der Waals surface area contributed by atoms with Gasteiger partial charge in [-0.15, -0.1) is 0 Å². The summed E-state index contributed by atoms with van der Waals surface area (Å²) >= 11 is 0. The Morgan fingerprint density at radius 2 is 1.59 bits per heavy atom. The van der Waals surface area contributed by atoms with Gasteiger partial charge in [0, 0.05) is 46.9 Å². The van der Waals surface area contributed by atoms with Crippen molar-refractivity contribution in [2.75, 3.05) is 93.6 Å². The summed E-state index contributed by atoms with van der Waals surface area (Å²) in [6.07, 6.45) is -0.300. The molecule has 0 radical (unpaired) electrons. The molecule has 2 rings (SSSR count). The SMILES string of the molecule is B[C@@H]1O[C@H](COC)C(OC)[C@@H]1OCCOCCOCCN1CCN(C)CC1. The van der Waals surface area contributed by atoms with E-state index in [1.54, 1.807) is 14.2 Å². The molecule has 158 valence electrons. The largest absolute Gasteiger partial charge is 0.382 e. The quantitative estimate of drug-likeness (QED) is 0.284. The highest BCUT2D eigenvalue weighted by molar-refractivity contribution is 6.11. The molecular formula is C18H37BN2O6. The van der Waals surface area contributed by atoms with Crippen LogP contribution in [0.1, 0.15) is 0 Å². The van der Waals surface area contributed by atoms with Crippen molar-refractivity contribution in [2.24, 2.45) is 0 Å². The van der Waals surface area contributed by atoms with Crippen molar-refractivity contribution < 1.29 is 28.4 Å². The minimum Gasteiger partial charge on any atom is -0.382 e. The number of likely N-dealkylation sites (N-methyl/N-ethyl adjacent to an activating group) is 1. The standard InChI is InChI=1S/C18H37BN2O6/c1-20-4-6-21(7-5-20)8-9-24-10-11-25-12-13-26-17-16(23-3)15(14-22-2)27-18(17)19/h15-18H,4-14,19H2,1-3H3/t15-,16?,17+,18-/m1/s1. The lowest BCUT2D eigenvalue weighted by atomic mass is 9.93. The average Bonchev–Trinajstić information content (AvgIpc) is 2.96. The van der Waals surface area contributed by atoms with Crippen LogP contribution in [0.2, 0.25) is 0 Å². The molecule has 2 aliphatic rings. The Hall–Kier alpha value is -0.255. The summed E-state index contributed by atoms with van der Waals surface area (Å²) in [6.45, 7) is 9.06. The van der Waals surface area contributed by atoms with Crippen molar-refractivity contribution >= 4 is 7.85 Å². The maximum Gasteiger partial charge on any atom is 0.142 e. The third kappa shape index (κ3) is 7.94. The first-order valence-corrected chi connectivity index (χ1v) is 10.0. The van der Waals surface area contributed by atoms with E-state index in [-0.39, 0.29) is 24.3 Å². The molecule has 0 saturated carbocycles. The number of nitrogens with zero attached hydrogens (tertiary/aromatic N) is 2. The topological polar surface area (TPSA) is 61.9 Å². The molecule has 0 N–H and O–H groups in total. The molecule has 4 atom stereocenters. The predicted molar refractivity (Wildman–Crippen MR) is 105 cm³/mol. The first kappa shape index (κ1) is 23.0. The van der Waals surface area contributed by atoms with Crippen LogP contribution in [0.15, 0.2) is 0 Å². The van der Waals surface area contributed by atoms with Crippen LogP contribution in [0.4, 0.5) is 0 Å². The van der Waals surface area contributed by atoms with Gasteiger partial charge in [-0.1, -0.05) is 0 Å². The molecule has 0 aromatic carbocycles. The number of hydrogen-bond acceptors (Lipinski definition) is 8. The van der Waals surface area contributed by atoms with E-state index < -0.39 is 0 Å². The van der Waals surface area contributed by atoms with Gasteiger partial charge in [0.25, 0.3) is 0 Å². The number of ether oxygens (including phenoxy) is 6. The van der Waals surface area contributed by atoms with Crippen LogP contribution in [0.5, 0.6) is 0 Å². The van der Waals surface area contributed by atoms with E-state index in [2.05, 4.69) is 16.8 Å². The van der Waals surface area contributed by atoms with Gasteiger partial charge in [0.1, 0.15) is 26.2 Å². The summed E-state index contributed by atoms with van der Waals surface area (Å²) in [6, 6.07) is -0.0204. The molecule has 2 saturated heterocycles. The van der Waals surface area contributed by atoms with Crippen LogP contribution in [-0.4, -0.2) is 136 Å². The summed E-state index contributed by atoms with van der Waals surface area (Å²) in [7, 11) is 7.52. The van der Waals surface area contributed by atoms with Gasteiger partial charge in [0.05, 0.1) is 45.6 Å².